The second-order valence-corrected chi connectivity index (χ2v) is 5.02. The van der Waals surface area contributed by atoms with Crippen LogP contribution in [0.2, 0.25) is 5.02 Å². The molecule has 5 heteroatoms. The molecule has 0 aliphatic rings. The predicted octanol–water partition coefficient (Wildman–Crippen LogP) is 2.85. The van der Waals surface area contributed by atoms with Crippen molar-refractivity contribution >= 4 is 17.5 Å². The van der Waals surface area contributed by atoms with Crippen LogP contribution in [0.15, 0.2) is 28.7 Å². The molecule has 1 aromatic heterocycles. The highest BCUT2D eigenvalue weighted by atomic mass is 35.5. The van der Waals surface area contributed by atoms with Crippen LogP contribution in [-0.2, 0) is 17.6 Å². The molecule has 1 amide bonds. The highest BCUT2D eigenvalue weighted by Gasteiger charge is 2.09. The van der Waals surface area contributed by atoms with Gasteiger partial charge in [-0.3, -0.25) is 4.79 Å². The molecule has 0 unspecified atom stereocenters. The van der Waals surface area contributed by atoms with Gasteiger partial charge in [0.25, 0.3) is 0 Å². The van der Waals surface area contributed by atoms with Crippen molar-refractivity contribution in [1.82, 2.24) is 10.3 Å². The summed E-state index contributed by atoms with van der Waals surface area (Å²) in [7, 11) is 0. The number of halogens is 1. The maximum atomic E-state index is 11.8. The number of nitrogens with zero attached hydrogens (tertiary/aromatic N) is 1. The van der Waals surface area contributed by atoms with Crippen molar-refractivity contribution in [2.24, 2.45) is 0 Å². The Bertz CT molecular complexity index is 608. The van der Waals surface area contributed by atoms with Crippen LogP contribution < -0.4 is 5.32 Å². The smallest absolute Gasteiger partial charge is 0.224 e. The Hall–Kier alpha value is -1.81. The fraction of sp³-hybridized carbons (Fsp3) is 0.333. The van der Waals surface area contributed by atoms with Gasteiger partial charge in [0.15, 0.2) is 5.89 Å². The van der Waals surface area contributed by atoms with Crippen molar-refractivity contribution in [2.45, 2.75) is 26.7 Å². The molecule has 0 fully saturated rings. The Kier molecular flexibility index (Phi) is 4.79. The average molecular weight is 293 g/mol. The molecule has 2 rings (SSSR count). The second kappa shape index (κ2) is 6.57. The van der Waals surface area contributed by atoms with Gasteiger partial charge in [-0.05, 0) is 18.6 Å². The SMILES string of the molecule is Cc1nc(C)c(CCNC(=O)Cc2ccccc2Cl)o1. The van der Waals surface area contributed by atoms with Gasteiger partial charge in [-0.25, -0.2) is 4.98 Å². The molecule has 4 nitrogen and oxygen atoms in total. The van der Waals surface area contributed by atoms with E-state index in [0.717, 1.165) is 17.0 Å². The Morgan fingerprint density at radius 1 is 1.35 bits per heavy atom. The van der Waals surface area contributed by atoms with E-state index in [1.54, 1.807) is 6.07 Å². The van der Waals surface area contributed by atoms with Crippen LogP contribution in [0, 0.1) is 13.8 Å². The monoisotopic (exact) mass is 292 g/mol. The van der Waals surface area contributed by atoms with E-state index in [0.29, 0.717) is 23.9 Å². The van der Waals surface area contributed by atoms with Crippen LogP contribution >= 0.6 is 11.6 Å². The van der Waals surface area contributed by atoms with E-state index in [9.17, 15) is 4.79 Å². The summed E-state index contributed by atoms with van der Waals surface area (Å²) in [4.78, 5) is 16.0. The maximum Gasteiger partial charge on any atom is 0.224 e. The molecule has 0 spiro atoms. The Labute approximate surface area is 123 Å². The van der Waals surface area contributed by atoms with Crippen molar-refractivity contribution in [3.05, 3.63) is 52.2 Å². The lowest BCUT2D eigenvalue weighted by molar-refractivity contribution is -0.120. The van der Waals surface area contributed by atoms with Gasteiger partial charge in [0.1, 0.15) is 5.76 Å². The first-order valence-electron chi connectivity index (χ1n) is 6.49. The first-order chi connectivity index (χ1) is 9.56. The standard InChI is InChI=1S/C15H17ClN2O2/c1-10-14(20-11(2)18-10)7-8-17-15(19)9-12-5-3-4-6-13(12)16/h3-6H,7-9H2,1-2H3,(H,17,19). The first-order valence-corrected chi connectivity index (χ1v) is 6.87. The van der Waals surface area contributed by atoms with Crippen molar-refractivity contribution in [3.8, 4) is 0 Å². The van der Waals surface area contributed by atoms with E-state index in [4.69, 9.17) is 16.0 Å². The lowest BCUT2D eigenvalue weighted by Crippen LogP contribution is -2.27. The van der Waals surface area contributed by atoms with E-state index < -0.39 is 0 Å². The number of nitrogens with one attached hydrogen (secondary N) is 1. The number of aryl methyl sites for hydroxylation is 2. The van der Waals surface area contributed by atoms with Gasteiger partial charge in [0.2, 0.25) is 5.91 Å². The minimum atomic E-state index is -0.0491. The molecule has 106 valence electrons. The summed E-state index contributed by atoms with van der Waals surface area (Å²) in [5.74, 6) is 1.42. The summed E-state index contributed by atoms with van der Waals surface area (Å²) >= 11 is 6.02. The highest BCUT2D eigenvalue weighted by Crippen LogP contribution is 2.15. The van der Waals surface area contributed by atoms with E-state index in [1.165, 1.54) is 0 Å². The molecule has 0 radical (unpaired) electrons. The number of oxazole rings is 1. The number of carbonyl (C=O) groups is 1. The van der Waals surface area contributed by atoms with Gasteiger partial charge in [0.05, 0.1) is 12.1 Å². The van der Waals surface area contributed by atoms with Gasteiger partial charge < -0.3 is 9.73 Å². The van der Waals surface area contributed by atoms with Crippen LogP contribution in [0.5, 0.6) is 0 Å². The van der Waals surface area contributed by atoms with Crippen LogP contribution in [0.1, 0.15) is 22.9 Å². The molecule has 1 heterocycles. The number of hydrogen-bond acceptors (Lipinski definition) is 3. The molecule has 0 bridgehead atoms. The molecule has 0 saturated heterocycles. The zero-order valence-corrected chi connectivity index (χ0v) is 12.3. The normalized spacial score (nSPS) is 10.6. The molecule has 0 atom stereocenters. The van der Waals surface area contributed by atoms with Crippen molar-refractivity contribution in [2.75, 3.05) is 6.54 Å². The fourth-order valence-corrected chi connectivity index (χ4v) is 2.20. The topological polar surface area (TPSA) is 55.1 Å². The summed E-state index contributed by atoms with van der Waals surface area (Å²) in [6, 6.07) is 7.35. The number of hydrogen-bond donors (Lipinski definition) is 1. The van der Waals surface area contributed by atoms with Crippen molar-refractivity contribution in [1.29, 1.82) is 0 Å². The van der Waals surface area contributed by atoms with E-state index in [-0.39, 0.29) is 12.3 Å². The Morgan fingerprint density at radius 3 is 2.75 bits per heavy atom. The quantitative estimate of drug-likeness (QED) is 0.922. The Morgan fingerprint density at radius 2 is 2.10 bits per heavy atom. The van der Waals surface area contributed by atoms with Crippen LogP contribution in [0.25, 0.3) is 0 Å². The third-order valence-corrected chi connectivity index (χ3v) is 3.35. The molecule has 0 saturated carbocycles. The summed E-state index contributed by atoms with van der Waals surface area (Å²) in [6.07, 6.45) is 0.926. The van der Waals surface area contributed by atoms with Crippen molar-refractivity contribution in [3.63, 3.8) is 0 Å². The third-order valence-electron chi connectivity index (χ3n) is 2.98. The summed E-state index contributed by atoms with van der Waals surface area (Å²) in [5.41, 5.74) is 1.71. The number of aromatic nitrogens is 1. The van der Waals surface area contributed by atoms with Gasteiger partial charge in [-0.15, -0.1) is 0 Å². The van der Waals surface area contributed by atoms with Crippen molar-refractivity contribution < 1.29 is 9.21 Å². The fourth-order valence-electron chi connectivity index (χ4n) is 2.00. The molecular formula is C15H17ClN2O2. The van der Waals surface area contributed by atoms with E-state index >= 15 is 0 Å². The minimum absolute atomic E-state index is 0.0491. The van der Waals surface area contributed by atoms with E-state index in [2.05, 4.69) is 10.3 Å². The predicted molar refractivity (Wildman–Crippen MR) is 77.8 cm³/mol. The molecule has 1 aromatic carbocycles. The van der Waals surface area contributed by atoms with Gasteiger partial charge in [0, 0.05) is 24.9 Å². The first kappa shape index (κ1) is 14.6. The van der Waals surface area contributed by atoms with Crippen LogP contribution in [0.4, 0.5) is 0 Å². The average Bonchev–Trinajstić information content (AvgIpc) is 2.71. The summed E-state index contributed by atoms with van der Waals surface area (Å²) in [6.45, 7) is 4.24. The molecule has 20 heavy (non-hydrogen) atoms. The largest absolute Gasteiger partial charge is 0.446 e. The molecular weight excluding hydrogens is 276 g/mol. The lowest BCUT2D eigenvalue weighted by Gasteiger charge is -2.05. The molecule has 0 aliphatic carbocycles. The lowest BCUT2D eigenvalue weighted by atomic mass is 10.1. The highest BCUT2D eigenvalue weighted by molar-refractivity contribution is 6.31. The maximum absolute atomic E-state index is 11.8. The van der Waals surface area contributed by atoms with Crippen LogP contribution in [0.3, 0.4) is 0 Å². The molecule has 2 aromatic rings. The van der Waals surface area contributed by atoms with E-state index in [1.807, 2.05) is 32.0 Å². The summed E-state index contributed by atoms with van der Waals surface area (Å²) < 4.78 is 5.45. The number of rotatable bonds is 5. The Balaban J connectivity index is 1.81. The number of carbonyl (C=O) groups excluding carboxylic acids is 1. The molecule has 0 aliphatic heterocycles. The van der Waals surface area contributed by atoms with Gasteiger partial charge in [-0.1, -0.05) is 29.8 Å². The van der Waals surface area contributed by atoms with Crippen LogP contribution in [-0.4, -0.2) is 17.4 Å². The third kappa shape index (κ3) is 3.84. The zero-order valence-electron chi connectivity index (χ0n) is 11.6. The minimum Gasteiger partial charge on any atom is -0.446 e. The summed E-state index contributed by atoms with van der Waals surface area (Å²) in [5, 5.41) is 3.47. The zero-order chi connectivity index (χ0) is 14.5. The molecule has 1 N–H and O–H groups in total. The van der Waals surface area contributed by atoms with Gasteiger partial charge >= 0.3 is 0 Å². The second-order valence-electron chi connectivity index (χ2n) is 4.61. The number of benzene rings is 1. The van der Waals surface area contributed by atoms with Gasteiger partial charge in [-0.2, -0.15) is 0 Å². The number of amides is 1.